The van der Waals surface area contributed by atoms with Crippen molar-refractivity contribution in [3.63, 3.8) is 0 Å². The zero-order valence-corrected chi connectivity index (χ0v) is 18.6. The number of alkyl halides is 3. The van der Waals surface area contributed by atoms with Crippen LogP contribution in [0.4, 0.5) is 18.9 Å². The van der Waals surface area contributed by atoms with Crippen LogP contribution in [0.25, 0.3) is 0 Å². The maximum absolute atomic E-state index is 13.1. The Morgan fingerprint density at radius 3 is 2.47 bits per heavy atom. The lowest BCUT2D eigenvalue weighted by Gasteiger charge is -2.30. The number of benzene rings is 1. The first-order valence-electron chi connectivity index (χ1n) is 10.1. The number of rotatable bonds is 6. The molecule has 1 atom stereocenters. The molecule has 0 amide bonds. The number of nitrogen functional groups attached to an aromatic ring is 1. The molecule has 1 aromatic heterocycles. The number of sulfonamides is 1. The molecule has 176 valence electrons. The summed E-state index contributed by atoms with van der Waals surface area (Å²) in [6, 6.07) is 5.71. The quantitative estimate of drug-likeness (QED) is 0.623. The van der Waals surface area contributed by atoms with Gasteiger partial charge in [0.05, 0.1) is 23.6 Å². The Labute approximate surface area is 184 Å². The van der Waals surface area contributed by atoms with Crippen LogP contribution in [0.1, 0.15) is 48.7 Å². The van der Waals surface area contributed by atoms with Gasteiger partial charge >= 0.3 is 6.18 Å². The number of anilines is 1. The number of nitrogens with two attached hydrogens (primary N) is 1. The first kappa shape index (κ1) is 24.2. The fourth-order valence-electron chi connectivity index (χ4n) is 3.70. The summed E-state index contributed by atoms with van der Waals surface area (Å²) in [5.41, 5.74) is 5.49. The molecule has 0 aliphatic carbocycles. The second kappa shape index (κ2) is 9.20. The average Bonchev–Trinajstić information content (AvgIpc) is 2.71. The van der Waals surface area contributed by atoms with Crippen LogP contribution in [-0.4, -0.2) is 41.8 Å². The van der Waals surface area contributed by atoms with Gasteiger partial charge in [0, 0.05) is 37.4 Å². The number of nitrogens with zero attached hydrogens (tertiary/aromatic N) is 3. The van der Waals surface area contributed by atoms with Crippen LogP contribution in [0.5, 0.6) is 0 Å². The highest BCUT2D eigenvalue weighted by atomic mass is 32.2. The van der Waals surface area contributed by atoms with Crippen LogP contribution < -0.4 is 16.6 Å². The minimum atomic E-state index is -4.49. The number of halogens is 3. The van der Waals surface area contributed by atoms with Crippen LogP contribution in [-0.2, 0) is 22.7 Å². The van der Waals surface area contributed by atoms with Crippen LogP contribution in [0.3, 0.4) is 0 Å². The molecule has 1 aliphatic rings. The van der Waals surface area contributed by atoms with Gasteiger partial charge in [0.15, 0.2) is 0 Å². The van der Waals surface area contributed by atoms with E-state index in [-0.39, 0.29) is 23.8 Å². The number of nitrogens with one attached hydrogen (secondary N) is 1. The van der Waals surface area contributed by atoms with Crippen LogP contribution in [0, 0.1) is 0 Å². The summed E-state index contributed by atoms with van der Waals surface area (Å²) >= 11 is 0. The molecule has 8 nitrogen and oxygen atoms in total. The standard InChI is InChI=1S/C20H26F3N5O3S/c1-13(14-9-15(20(21,22)23)11-16(24)10-14)25-12-17-3-4-19(29)28(26-17)18-5-7-27(8-6-18)32(2,30)31/h3-4,9-11,13,18,25H,5-8,12,24H2,1-2H3/t13-/m1/s1. The predicted molar refractivity (Wildman–Crippen MR) is 114 cm³/mol. The summed E-state index contributed by atoms with van der Waals surface area (Å²) in [6.07, 6.45) is -2.40. The Bertz CT molecular complexity index is 1130. The van der Waals surface area contributed by atoms with Gasteiger partial charge in [0.1, 0.15) is 0 Å². The van der Waals surface area contributed by atoms with E-state index in [1.807, 2.05) is 0 Å². The highest BCUT2D eigenvalue weighted by molar-refractivity contribution is 7.88. The maximum Gasteiger partial charge on any atom is 0.416 e. The van der Waals surface area contributed by atoms with Crippen LogP contribution >= 0.6 is 0 Å². The van der Waals surface area contributed by atoms with Crippen molar-refractivity contribution in [3.05, 3.63) is 57.5 Å². The molecule has 2 heterocycles. The summed E-state index contributed by atoms with van der Waals surface area (Å²) in [5.74, 6) is 0. The Balaban J connectivity index is 1.69. The predicted octanol–water partition coefficient (Wildman–Crippen LogP) is 2.29. The maximum atomic E-state index is 13.1. The molecule has 0 spiro atoms. The Morgan fingerprint density at radius 2 is 1.88 bits per heavy atom. The molecular weight excluding hydrogens is 447 g/mol. The van der Waals surface area contributed by atoms with Crippen molar-refractivity contribution in [1.29, 1.82) is 0 Å². The van der Waals surface area contributed by atoms with Gasteiger partial charge < -0.3 is 11.1 Å². The van der Waals surface area contributed by atoms with Gasteiger partial charge in [-0.25, -0.2) is 17.4 Å². The molecule has 0 saturated carbocycles. The van der Waals surface area contributed by atoms with E-state index < -0.39 is 27.8 Å². The van der Waals surface area contributed by atoms with E-state index in [0.29, 0.717) is 37.2 Å². The van der Waals surface area contributed by atoms with Gasteiger partial charge in [-0.3, -0.25) is 4.79 Å². The molecule has 0 unspecified atom stereocenters. The van der Waals surface area contributed by atoms with Crippen molar-refractivity contribution in [2.45, 2.75) is 44.6 Å². The van der Waals surface area contributed by atoms with Crippen molar-refractivity contribution in [1.82, 2.24) is 19.4 Å². The first-order chi connectivity index (χ1) is 14.8. The van der Waals surface area contributed by atoms with Crippen molar-refractivity contribution < 1.29 is 21.6 Å². The Morgan fingerprint density at radius 1 is 1.22 bits per heavy atom. The summed E-state index contributed by atoms with van der Waals surface area (Å²) in [4.78, 5) is 12.3. The smallest absolute Gasteiger partial charge is 0.399 e. The molecule has 1 aromatic carbocycles. The number of aromatic nitrogens is 2. The monoisotopic (exact) mass is 473 g/mol. The summed E-state index contributed by atoms with van der Waals surface area (Å²) in [6.45, 7) is 2.56. The van der Waals surface area contributed by atoms with E-state index in [9.17, 15) is 26.4 Å². The molecule has 3 N–H and O–H groups in total. The van der Waals surface area contributed by atoms with Crippen molar-refractivity contribution in [2.75, 3.05) is 25.1 Å². The van der Waals surface area contributed by atoms with Crippen molar-refractivity contribution >= 4 is 15.7 Å². The fourth-order valence-corrected chi connectivity index (χ4v) is 4.58. The van der Waals surface area contributed by atoms with E-state index in [1.54, 1.807) is 13.0 Å². The molecule has 1 saturated heterocycles. The summed E-state index contributed by atoms with van der Waals surface area (Å²) in [7, 11) is -3.27. The minimum absolute atomic E-state index is 0.0237. The third kappa shape index (κ3) is 5.87. The van der Waals surface area contributed by atoms with Gasteiger partial charge in [-0.15, -0.1) is 0 Å². The Kier molecular flexibility index (Phi) is 6.96. The van der Waals surface area contributed by atoms with E-state index in [1.165, 1.54) is 21.1 Å². The lowest BCUT2D eigenvalue weighted by Crippen LogP contribution is -2.41. The molecule has 2 aromatic rings. The molecule has 32 heavy (non-hydrogen) atoms. The topological polar surface area (TPSA) is 110 Å². The van der Waals surface area contributed by atoms with Gasteiger partial charge in [0.2, 0.25) is 10.0 Å². The van der Waals surface area contributed by atoms with Gasteiger partial charge in [-0.1, -0.05) is 0 Å². The average molecular weight is 474 g/mol. The molecular formula is C20H26F3N5O3S. The molecule has 12 heteroatoms. The highest BCUT2D eigenvalue weighted by Crippen LogP contribution is 2.32. The van der Waals surface area contributed by atoms with E-state index in [2.05, 4.69) is 10.4 Å². The molecule has 1 fully saturated rings. The van der Waals surface area contributed by atoms with Gasteiger partial charge in [-0.05, 0) is 49.6 Å². The van der Waals surface area contributed by atoms with Crippen molar-refractivity contribution in [3.8, 4) is 0 Å². The number of piperidine rings is 1. The normalized spacial score (nSPS) is 17.4. The summed E-state index contributed by atoms with van der Waals surface area (Å²) < 4.78 is 65.3. The van der Waals surface area contributed by atoms with Crippen LogP contribution in [0.2, 0.25) is 0 Å². The van der Waals surface area contributed by atoms with Crippen LogP contribution in [0.15, 0.2) is 35.1 Å². The highest BCUT2D eigenvalue weighted by Gasteiger charge is 2.31. The first-order valence-corrected chi connectivity index (χ1v) is 11.9. The molecule has 0 bridgehead atoms. The minimum Gasteiger partial charge on any atom is -0.399 e. The molecule has 3 rings (SSSR count). The third-order valence-electron chi connectivity index (χ3n) is 5.51. The lowest BCUT2D eigenvalue weighted by molar-refractivity contribution is -0.137. The SMILES string of the molecule is C[C@@H](NCc1ccc(=O)n(C2CCN(S(C)(=O)=O)CC2)n1)c1cc(N)cc(C(F)(F)F)c1. The second-order valence-corrected chi connectivity index (χ2v) is 9.97. The Hall–Kier alpha value is -2.44. The lowest BCUT2D eigenvalue weighted by atomic mass is 10.0. The zero-order chi connectivity index (χ0) is 23.7. The number of hydrogen-bond acceptors (Lipinski definition) is 6. The van der Waals surface area contributed by atoms with Gasteiger partial charge in [0.25, 0.3) is 5.56 Å². The van der Waals surface area contributed by atoms with E-state index >= 15 is 0 Å². The largest absolute Gasteiger partial charge is 0.416 e. The van der Waals surface area contributed by atoms with Gasteiger partial charge in [-0.2, -0.15) is 18.3 Å². The summed E-state index contributed by atoms with van der Waals surface area (Å²) in [5, 5.41) is 7.50. The van der Waals surface area contributed by atoms with E-state index in [0.717, 1.165) is 18.4 Å². The number of hydrogen-bond donors (Lipinski definition) is 2. The third-order valence-corrected chi connectivity index (χ3v) is 6.82. The zero-order valence-electron chi connectivity index (χ0n) is 17.8. The second-order valence-electron chi connectivity index (χ2n) is 7.99. The van der Waals surface area contributed by atoms with E-state index in [4.69, 9.17) is 5.73 Å². The van der Waals surface area contributed by atoms with Crippen molar-refractivity contribution in [2.24, 2.45) is 0 Å². The molecule has 1 aliphatic heterocycles. The molecule has 0 radical (unpaired) electrons. The fraction of sp³-hybridized carbons (Fsp3) is 0.500.